The van der Waals surface area contributed by atoms with Crippen molar-refractivity contribution in [3.05, 3.63) is 23.9 Å². The van der Waals surface area contributed by atoms with Crippen LogP contribution in [0.15, 0.2) is 18.3 Å². The minimum Gasteiger partial charge on any atom is -0.444 e. The van der Waals surface area contributed by atoms with Crippen molar-refractivity contribution in [2.24, 2.45) is 0 Å². The van der Waals surface area contributed by atoms with Crippen LogP contribution in [0.1, 0.15) is 71.4 Å². The quantitative estimate of drug-likeness (QED) is 0.790. The molecule has 5 nitrogen and oxygen atoms in total. The predicted molar refractivity (Wildman–Crippen MR) is 97.2 cm³/mol. The summed E-state index contributed by atoms with van der Waals surface area (Å²) in [7, 11) is 0. The van der Waals surface area contributed by atoms with E-state index in [9.17, 15) is 4.79 Å². The van der Waals surface area contributed by atoms with Gasteiger partial charge in [0.25, 0.3) is 0 Å². The number of rotatable bonds is 5. The van der Waals surface area contributed by atoms with Gasteiger partial charge >= 0.3 is 6.09 Å². The van der Waals surface area contributed by atoms with Crippen LogP contribution in [0.2, 0.25) is 0 Å². The minimum absolute atomic E-state index is 0.0337. The number of piperidine rings is 1. The number of amides is 1. The second-order valence-electron chi connectivity index (χ2n) is 7.41. The number of ether oxygens (including phenoxy) is 1. The van der Waals surface area contributed by atoms with E-state index in [0.717, 1.165) is 56.6 Å². The van der Waals surface area contributed by atoms with Crippen LogP contribution in [0.5, 0.6) is 0 Å². The van der Waals surface area contributed by atoms with E-state index in [-0.39, 0.29) is 12.1 Å². The van der Waals surface area contributed by atoms with Crippen molar-refractivity contribution in [2.75, 3.05) is 18.4 Å². The van der Waals surface area contributed by atoms with Gasteiger partial charge in [-0.2, -0.15) is 0 Å². The van der Waals surface area contributed by atoms with Gasteiger partial charge in [0.05, 0.1) is 6.04 Å². The molecule has 1 saturated heterocycles. The summed E-state index contributed by atoms with van der Waals surface area (Å²) in [6.45, 7) is 9.54. The van der Waals surface area contributed by atoms with E-state index in [0.29, 0.717) is 0 Å². The first kappa shape index (κ1) is 18.6. The molecule has 0 spiro atoms. The third-order valence-electron chi connectivity index (χ3n) is 4.15. The number of hydrogen-bond acceptors (Lipinski definition) is 4. The number of hydrogen-bond donors (Lipinski definition) is 1. The minimum atomic E-state index is -0.476. The zero-order chi connectivity index (χ0) is 17.6. The van der Waals surface area contributed by atoms with Crippen LogP contribution in [-0.4, -0.2) is 34.7 Å². The summed E-state index contributed by atoms with van der Waals surface area (Å²) in [6.07, 6.45) is 6.92. The third kappa shape index (κ3) is 5.11. The van der Waals surface area contributed by atoms with E-state index >= 15 is 0 Å². The fourth-order valence-corrected chi connectivity index (χ4v) is 3.01. The molecule has 1 aromatic heterocycles. The van der Waals surface area contributed by atoms with Gasteiger partial charge in [-0.05, 0) is 52.5 Å². The van der Waals surface area contributed by atoms with Gasteiger partial charge in [-0.1, -0.05) is 19.4 Å². The molecule has 24 heavy (non-hydrogen) atoms. The van der Waals surface area contributed by atoms with E-state index in [1.807, 2.05) is 31.7 Å². The first-order chi connectivity index (χ1) is 11.4. The lowest BCUT2D eigenvalue weighted by atomic mass is 9.96. The molecule has 0 unspecified atom stereocenters. The second kappa shape index (κ2) is 8.36. The number of carbonyl (C=O) groups excluding carboxylic acids is 1. The maximum absolute atomic E-state index is 12.6. The summed E-state index contributed by atoms with van der Waals surface area (Å²) < 4.78 is 5.61. The maximum Gasteiger partial charge on any atom is 0.410 e. The van der Waals surface area contributed by atoms with Gasteiger partial charge in [-0.15, -0.1) is 0 Å². The maximum atomic E-state index is 12.6. The van der Waals surface area contributed by atoms with Crippen LogP contribution >= 0.6 is 0 Å². The molecule has 0 radical (unpaired) electrons. The largest absolute Gasteiger partial charge is 0.444 e. The van der Waals surface area contributed by atoms with Gasteiger partial charge in [0.1, 0.15) is 11.4 Å². The molecule has 0 saturated carbocycles. The molecule has 0 bridgehead atoms. The molecule has 1 amide bonds. The van der Waals surface area contributed by atoms with Gasteiger partial charge in [0, 0.05) is 24.8 Å². The van der Waals surface area contributed by atoms with Crippen LogP contribution < -0.4 is 5.32 Å². The summed E-state index contributed by atoms with van der Waals surface area (Å²) in [5, 5.41) is 3.43. The van der Waals surface area contributed by atoms with E-state index in [1.54, 1.807) is 6.20 Å². The number of nitrogens with one attached hydrogen (secondary N) is 1. The monoisotopic (exact) mass is 333 g/mol. The Hall–Kier alpha value is -1.78. The van der Waals surface area contributed by atoms with Gasteiger partial charge in [0.2, 0.25) is 0 Å². The number of unbranched alkanes of at least 4 members (excludes halogenated alkanes) is 1. The zero-order valence-electron chi connectivity index (χ0n) is 15.5. The van der Waals surface area contributed by atoms with Crippen molar-refractivity contribution < 1.29 is 9.53 Å². The zero-order valence-corrected chi connectivity index (χ0v) is 15.5. The Kier molecular flexibility index (Phi) is 6.46. The molecule has 1 atom stereocenters. The molecule has 1 aliphatic heterocycles. The van der Waals surface area contributed by atoms with Crippen molar-refractivity contribution in [1.82, 2.24) is 9.88 Å². The van der Waals surface area contributed by atoms with Gasteiger partial charge in [0.15, 0.2) is 0 Å². The number of nitrogens with zero attached hydrogens (tertiary/aromatic N) is 2. The first-order valence-corrected chi connectivity index (χ1v) is 9.11. The molecule has 2 rings (SSSR count). The number of anilines is 1. The Morgan fingerprint density at radius 2 is 2.21 bits per heavy atom. The average Bonchev–Trinajstić information content (AvgIpc) is 2.54. The molecule has 134 valence electrons. The summed E-state index contributed by atoms with van der Waals surface area (Å²) in [5.74, 6) is 0.895. The highest BCUT2D eigenvalue weighted by molar-refractivity contribution is 5.69. The topological polar surface area (TPSA) is 54.5 Å². The fraction of sp³-hybridized carbons (Fsp3) is 0.684. The molecule has 2 heterocycles. The molecule has 5 heteroatoms. The lowest BCUT2D eigenvalue weighted by Gasteiger charge is -2.37. The highest BCUT2D eigenvalue weighted by Crippen LogP contribution is 2.35. The SMILES string of the molecule is CCCCNc1ncccc1[C@H]1CCCCN1C(=O)OC(C)(C)C. The van der Waals surface area contributed by atoms with Gasteiger partial charge in [-0.25, -0.2) is 9.78 Å². The number of pyridine rings is 1. The summed E-state index contributed by atoms with van der Waals surface area (Å²) >= 11 is 0. The predicted octanol–water partition coefficient (Wildman–Crippen LogP) is 4.76. The lowest BCUT2D eigenvalue weighted by molar-refractivity contribution is 0.00957. The Morgan fingerprint density at radius 1 is 1.42 bits per heavy atom. The Morgan fingerprint density at radius 3 is 2.92 bits per heavy atom. The summed E-state index contributed by atoms with van der Waals surface area (Å²) in [4.78, 5) is 19.0. The molecule has 1 N–H and O–H groups in total. The molecule has 1 fully saturated rings. The van der Waals surface area contributed by atoms with Crippen LogP contribution in [-0.2, 0) is 4.74 Å². The fourth-order valence-electron chi connectivity index (χ4n) is 3.01. The van der Waals surface area contributed by atoms with Crippen LogP contribution in [0.25, 0.3) is 0 Å². The van der Waals surface area contributed by atoms with Gasteiger partial charge in [-0.3, -0.25) is 0 Å². The number of likely N-dealkylation sites (tertiary alicyclic amines) is 1. The average molecular weight is 333 g/mol. The Bertz CT molecular complexity index is 540. The van der Waals surface area contributed by atoms with E-state index in [4.69, 9.17) is 4.74 Å². The van der Waals surface area contributed by atoms with Crippen molar-refractivity contribution in [2.45, 2.75) is 71.4 Å². The molecule has 0 aromatic carbocycles. The highest BCUT2D eigenvalue weighted by atomic mass is 16.6. The van der Waals surface area contributed by atoms with Crippen molar-refractivity contribution >= 4 is 11.9 Å². The molecule has 0 aliphatic carbocycles. The normalized spacial score (nSPS) is 18.3. The Labute approximate surface area is 145 Å². The van der Waals surface area contributed by atoms with Crippen molar-refractivity contribution in [3.63, 3.8) is 0 Å². The molecular weight excluding hydrogens is 302 g/mol. The second-order valence-corrected chi connectivity index (χ2v) is 7.41. The van der Waals surface area contributed by atoms with Crippen molar-refractivity contribution in [3.8, 4) is 0 Å². The van der Waals surface area contributed by atoms with Crippen LogP contribution in [0, 0.1) is 0 Å². The lowest BCUT2D eigenvalue weighted by Crippen LogP contribution is -2.42. The summed E-state index contributed by atoms with van der Waals surface area (Å²) in [6, 6.07) is 4.06. The van der Waals surface area contributed by atoms with Crippen LogP contribution in [0.4, 0.5) is 10.6 Å². The first-order valence-electron chi connectivity index (χ1n) is 9.11. The molecular formula is C19H31N3O2. The number of carbonyl (C=O) groups is 1. The van der Waals surface area contributed by atoms with Crippen molar-refractivity contribution in [1.29, 1.82) is 0 Å². The van der Waals surface area contributed by atoms with E-state index in [2.05, 4.69) is 23.3 Å². The molecule has 1 aromatic rings. The van der Waals surface area contributed by atoms with Crippen LogP contribution in [0.3, 0.4) is 0 Å². The van der Waals surface area contributed by atoms with E-state index < -0.39 is 5.60 Å². The van der Waals surface area contributed by atoms with E-state index in [1.165, 1.54) is 0 Å². The smallest absolute Gasteiger partial charge is 0.410 e. The number of aromatic nitrogens is 1. The third-order valence-corrected chi connectivity index (χ3v) is 4.15. The standard InChI is InChI=1S/C19H31N3O2/c1-5-6-12-20-17-15(10-9-13-21-17)16-11-7-8-14-22(16)18(23)24-19(2,3)4/h9-10,13,16H,5-8,11-12,14H2,1-4H3,(H,20,21)/t16-/m1/s1. The highest BCUT2D eigenvalue weighted by Gasteiger charge is 2.32. The summed E-state index contributed by atoms with van der Waals surface area (Å²) in [5.41, 5.74) is 0.620. The van der Waals surface area contributed by atoms with Gasteiger partial charge < -0.3 is 15.0 Å². The molecule has 1 aliphatic rings. The Balaban J connectivity index is 2.19.